The van der Waals surface area contributed by atoms with Crippen molar-refractivity contribution in [1.82, 2.24) is 4.90 Å². The third kappa shape index (κ3) is 5.36. The summed E-state index contributed by atoms with van der Waals surface area (Å²) in [7, 11) is 0. The Kier molecular flexibility index (Phi) is 4.99. The quantitative estimate of drug-likeness (QED) is 0.804. The van der Waals surface area contributed by atoms with E-state index in [0.717, 1.165) is 32.5 Å². The first-order chi connectivity index (χ1) is 7.74. The van der Waals surface area contributed by atoms with Gasteiger partial charge in [-0.3, -0.25) is 4.90 Å². The van der Waals surface area contributed by atoms with Gasteiger partial charge in [0.05, 0.1) is 11.2 Å². The number of hydrogen-bond donors (Lipinski definition) is 1. The molecule has 0 aliphatic carbocycles. The highest BCUT2D eigenvalue weighted by molar-refractivity contribution is 4.89. The molecule has 0 amide bonds. The highest BCUT2D eigenvalue weighted by Crippen LogP contribution is 2.28. The molecule has 1 saturated heterocycles. The van der Waals surface area contributed by atoms with Gasteiger partial charge in [0.25, 0.3) is 0 Å². The molecular formula is C14H30N2O. The second-order valence-electron chi connectivity index (χ2n) is 6.64. The highest BCUT2D eigenvalue weighted by atomic mass is 16.5. The van der Waals surface area contributed by atoms with Gasteiger partial charge in [-0.1, -0.05) is 6.92 Å². The number of nitrogens with zero attached hydrogens (tertiary/aromatic N) is 1. The van der Waals surface area contributed by atoms with Crippen molar-refractivity contribution in [2.75, 3.05) is 19.6 Å². The minimum absolute atomic E-state index is 0.0331. The van der Waals surface area contributed by atoms with Gasteiger partial charge in [-0.05, 0) is 53.5 Å². The number of rotatable bonds is 5. The van der Waals surface area contributed by atoms with E-state index in [1.165, 1.54) is 6.42 Å². The lowest BCUT2D eigenvalue weighted by molar-refractivity contribution is -0.180. The van der Waals surface area contributed by atoms with Crippen LogP contribution in [-0.4, -0.2) is 41.8 Å². The molecule has 0 aromatic heterocycles. The van der Waals surface area contributed by atoms with Crippen LogP contribution in [0, 0.1) is 0 Å². The molecule has 3 nitrogen and oxygen atoms in total. The van der Waals surface area contributed by atoms with Gasteiger partial charge in [0.1, 0.15) is 0 Å². The Labute approximate surface area is 107 Å². The molecule has 1 unspecified atom stereocenters. The first-order valence-corrected chi connectivity index (χ1v) is 6.92. The maximum atomic E-state index is 6.07. The smallest absolute Gasteiger partial charge is 0.0760 e. The van der Waals surface area contributed by atoms with Crippen molar-refractivity contribution in [3.05, 3.63) is 0 Å². The number of morpholine rings is 1. The number of nitrogens with two attached hydrogens (primary N) is 1. The van der Waals surface area contributed by atoms with Crippen LogP contribution in [0.4, 0.5) is 0 Å². The van der Waals surface area contributed by atoms with Gasteiger partial charge in [0, 0.05) is 19.1 Å². The lowest BCUT2D eigenvalue weighted by atomic mass is 9.98. The third-order valence-corrected chi connectivity index (χ3v) is 3.33. The van der Waals surface area contributed by atoms with Crippen molar-refractivity contribution in [2.24, 2.45) is 5.73 Å². The Morgan fingerprint density at radius 1 is 1.18 bits per heavy atom. The first-order valence-electron chi connectivity index (χ1n) is 6.92. The maximum absolute atomic E-state index is 6.07. The van der Waals surface area contributed by atoms with Gasteiger partial charge in [0.15, 0.2) is 0 Å². The summed E-state index contributed by atoms with van der Waals surface area (Å²) in [5.41, 5.74) is 5.89. The van der Waals surface area contributed by atoms with Gasteiger partial charge in [-0.15, -0.1) is 0 Å². The summed E-state index contributed by atoms with van der Waals surface area (Å²) >= 11 is 0. The zero-order valence-corrected chi connectivity index (χ0v) is 12.3. The minimum Gasteiger partial charge on any atom is -0.367 e. The largest absolute Gasteiger partial charge is 0.367 e. The zero-order valence-electron chi connectivity index (χ0n) is 12.3. The molecule has 0 bridgehead atoms. The van der Waals surface area contributed by atoms with Crippen molar-refractivity contribution in [3.8, 4) is 0 Å². The molecule has 1 atom stereocenters. The zero-order chi connectivity index (χ0) is 13.1. The summed E-state index contributed by atoms with van der Waals surface area (Å²) in [5.74, 6) is 0. The van der Waals surface area contributed by atoms with Crippen molar-refractivity contribution < 1.29 is 4.74 Å². The molecule has 17 heavy (non-hydrogen) atoms. The van der Waals surface area contributed by atoms with E-state index in [9.17, 15) is 0 Å². The Morgan fingerprint density at radius 2 is 1.71 bits per heavy atom. The summed E-state index contributed by atoms with van der Waals surface area (Å²) in [6, 6.07) is 0.372. The summed E-state index contributed by atoms with van der Waals surface area (Å²) < 4.78 is 6.07. The molecule has 1 heterocycles. The van der Waals surface area contributed by atoms with Crippen LogP contribution in [0.2, 0.25) is 0 Å². The van der Waals surface area contributed by atoms with Gasteiger partial charge >= 0.3 is 0 Å². The topological polar surface area (TPSA) is 38.5 Å². The van der Waals surface area contributed by atoms with E-state index in [0.29, 0.717) is 6.04 Å². The fraction of sp³-hybridized carbons (Fsp3) is 1.00. The van der Waals surface area contributed by atoms with Gasteiger partial charge in [0.2, 0.25) is 0 Å². The van der Waals surface area contributed by atoms with Crippen LogP contribution in [-0.2, 0) is 4.74 Å². The van der Waals surface area contributed by atoms with E-state index in [1.54, 1.807) is 0 Å². The predicted molar refractivity (Wildman–Crippen MR) is 73.2 cm³/mol. The fourth-order valence-electron chi connectivity index (χ4n) is 2.88. The lowest BCUT2D eigenvalue weighted by Crippen LogP contribution is -2.57. The van der Waals surface area contributed by atoms with E-state index in [2.05, 4.69) is 39.5 Å². The molecule has 0 aromatic carbocycles. The van der Waals surface area contributed by atoms with Crippen LogP contribution in [0.5, 0.6) is 0 Å². The minimum atomic E-state index is -0.0331. The second kappa shape index (κ2) is 5.68. The van der Waals surface area contributed by atoms with Crippen LogP contribution >= 0.6 is 0 Å². The molecule has 0 spiro atoms. The Bertz CT molecular complexity index is 222. The van der Waals surface area contributed by atoms with Crippen LogP contribution < -0.4 is 5.73 Å². The third-order valence-electron chi connectivity index (χ3n) is 3.33. The first kappa shape index (κ1) is 14.9. The highest BCUT2D eigenvalue weighted by Gasteiger charge is 2.37. The van der Waals surface area contributed by atoms with Crippen molar-refractivity contribution in [1.29, 1.82) is 0 Å². The molecule has 2 N–H and O–H groups in total. The molecule has 1 aliphatic rings. The number of ether oxygens (including phenoxy) is 1. The molecule has 0 saturated carbocycles. The summed E-state index contributed by atoms with van der Waals surface area (Å²) in [4.78, 5) is 2.52. The Hall–Kier alpha value is -0.120. The van der Waals surface area contributed by atoms with E-state index in [-0.39, 0.29) is 11.2 Å². The standard InChI is InChI=1S/C14H30N2O/c1-6-12(15)8-7-9-16-10-13(2,3)17-14(4,5)11-16/h12H,6-11,15H2,1-5H3. The summed E-state index contributed by atoms with van der Waals surface area (Å²) in [6.45, 7) is 14.1. The predicted octanol–water partition coefficient (Wildman–Crippen LogP) is 2.39. The molecule has 3 heteroatoms. The Morgan fingerprint density at radius 3 is 2.18 bits per heavy atom. The molecule has 1 fully saturated rings. The van der Waals surface area contributed by atoms with E-state index < -0.39 is 0 Å². The van der Waals surface area contributed by atoms with Crippen LogP contribution in [0.25, 0.3) is 0 Å². The average Bonchev–Trinajstić information content (AvgIpc) is 2.12. The van der Waals surface area contributed by atoms with Crippen LogP contribution in [0.3, 0.4) is 0 Å². The monoisotopic (exact) mass is 242 g/mol. The normalized spacial score (nSPS) is 25.8. The Balaban J connectivity index is 2.38. The van der Waals surface area contributed by atoms with Crippen molar-refractivity contribution in [3.63, 3.8) is 0 Å². The molecule has 1 rings (SSSR count). The van der Waals surface area contributed by atoms with Gasteiger partial charge in [-0.2, -0.15) is 0 Å². The van der Waals surface area contributed by atoms with Crippen LogP contribution in [0.15, 0.2) is 0 Å². The molecular weight excluding hydrogens is 212 g/mol. The fourth-order valence-corrected chi connectivity index (χ4v) is 2.88. The maximum Gasteiger partial charge on any atom is 0.0760 e. The summed E-state index contributed by atoms with van der Waals surface area (Å²) in [6.07, 6.45) is 3.41. The molecule has 0 aromatic rings. The SMILES string of the molecule is CCC(N)CCCN1CC(C)(C)OC(C)(C)C1. The van der Waals surface area contributed by atoms with Crippen molar-refractivity contribution in [2.45, 2.75) is 71.1 Å². The molecule has 0 radical (unpaired) electrons. The summed E-state index contributed by atoms with van der Waals surface area (Å²) in [5, 5.41) is 0. The number of hydrogen-bond acceptors (Lipinski definition) is 3. The average molecular weight is 242 g/mol. The van der Waals surface area contributed by atoms with Crippen LogP contribution in [0.1, 0.15) is 53.9 Å². The van der Waals surface area contributed by atoms with Gasteiger partial charge in [-0.25, -0.2) is 0 Å². The van der Waals surface area contributed by atoms with E-state index in [4.69, 9.17) is 10.5 Å². The van der Waals surface area contributed by atoms with Gasteiger partial charge < -0.3 is 10.5 Å². The molecule has 102 valence electrons. The van der Waals surface area contributed by atoms with E-state index in [1.807, 2.05) is 0 Å². The molecule has 1 aliphatic heterocycles. The lowest BCUT2D eigenvalue weighted by Gasteiger charge is -2.47. The van der Waals surface area contributed by atoms with Crippen molar-refractivity contribution >= 4 is 0 Å². The second-order valence-corrected chi connectivity index (χ2v) is 6.64. The van der Waals surface area contributed by atoms with E-state index >= 15 is 0 Å².